The number of para-hydroxylation sites is 2. The molecule has 3 rings (SSSR count). The molecule has 1 fully saturated rings. The molecule has 2 aromatic carbocycles. The average Bonchev–Trinajstić information content (AvgIpc) is 2.58. The van der Waals surface area contributed by atoms with E-state index < -0.39 is 6.10 Å². The van der Waals surface area contributed by atoms with Crippen molar-refractivity contribution in [1.29, 1.82) is 0 Å². The van der Waals surface area contributed by atoms with Crippen molar-refractivity contribution in [2.24, 2.45) is 0 Å². The number of phenolic OH excluding ortho intramolecular Hbond substituents is 3. The monoisotopic (exact) mass is 330 g/mol. The van der Waals surface area contributed by atoms with Crippen molar-refractivity contribution < 1.29 is 20.4 Å². The summed E-state index contributed by atoms with van der Waals surface area (Å²) in [6.07, 6.45) is -0.729. The fraction of sp³-hybridized carbons (Fsp3) is 0.333. The predicted octanol–water partition coefficient (Wildman–Crippen LogP) is 1.66. The van der Waals surface area contributed by atoms with Gasteiger partial charge < -0.3 is 25.3 Å². The van der Waals surface area contributed by atoms with Crippen LogP contribution in [0.3, 0.4) is 0 Å². The van der Waals surface area contributed by atoms with Crippen molar-refractivity contribution in [3.8, 4) is 17.2 Å². The standard InChI is InChI=1S/C18H22N2O4/c21-15-4-2-1-3-14(15)20-9-7-19(8-10-20)12-18(24)13-5-6-16(22)17(23)11-13/h1-6,11,18,21-24H,7-10,12H2. The Labute approximate surface area is 140 Å². The van der Waals surface area contributed by atoms with Gasteiger partial charge in [0.25, 0.3) is 0 Å². The van der Waals surface area contributed by atoms with Gasteiger partial charge in [0.05, 0.1) is 11.8 Å². The van der Waals surface area contributed by atoms with Crippen LogP contribution in [0.4, 0.5) is 5.69 Å². The Morgan fingerprint density at radius 3 is 2.21 bits per heavy atom. The van der Waals surface area contributed by atoms with E-state index >= 15 is 0 Å². The van der Waals surface area contributed by atoms with Gasteiger partial charge in [-0.2, -0.15) is 0 Å². The van der Waals surface area contributed by atoms with Gasteiger partial charge in [0.15, 0.2) is 11.5 Å². The van der Waals surface area contributed by atoms with Crippen LogP contribution >= 0.6 is 0 Å². The highest BCUT2D eigenvalue weighted by molar-refractivity contribution is 5.57. The number of aliphatic hydroxyl groups is 1. The van der Waals surface area contributed by atoms with Crippen LogP contribution < -0.4 is 4.90 Å². The molecule has 1 unspecified atom stereocenters. The first-order valence-corrected chi connectivity index (χ1v) is 8.00. The van der Waals surface area contributed by atoms with Crippen LogP contribution in [0.2, 0.25) is 0 Å². The maximum absolute atomic E-state index is 10.3. The summed E-state index contributed by atoms with van der Waals surface area (Å²) >= 11 is 0. The van der Waals surface area contributed by atoms with E-state index in [-0.39, 0.29) is 17.2 Å². The summed E-state index contributed by atoms with van der Waals surface area (Å²) in [4.78, 5) is 4.27. The van der Waals surface area contributed by atoms with Crippen LogP contribution in [-0.2, 0) is 0 Å². The molecule has 24 heavy (non-hydrogen) atoms. The second-order valence-electron chi connectivity index (χ2n) is 6.04. The topological polar surface area (TPSA) is 87.4 Å². The number of aliphatic hydroxyl groups excluding tert-OH is 1. The molecule has 0 aliphatic carbocycles. The van der Waals surface area contributed by atoms with E-state index in [9.17, 15) is 20.4 Å². The minimum Gasteiger partial charge on any atom is -0.506 e. The molecule has 1 atom stereocenters. The Kier molecular flexibility index (Phi) is 4.78. The molecule has 0 saturated carbocycles. The Bertz CT molecular complexity index is 699. The lowest BCUT2D eigenvalue weighted by molar-refractivity contribution is 0.109. The lowest BCUT2D eigenvalue weighted by atomic mass is 10.1. The molecule has 0 spiro atoms. The van der Waals surface area contributed by atoms with E-state index in [2.05, 4.69) is 9.80 Å². The summed E-state index contributed by atoms with van der Waals surface area (Å²) in [7, 11) is 0. The van der Waals surface area contributed by atoms with Gasteiger partial charge in [-0.1, -0.05) is 18.2 Å². The van der Waals surface area contributed by atoms with Crippen molar-refractivity contribution in [3.63, 3.8) is 0 Å². The molecule has 2 aromatic rings. The highest BCUT2D eigenvalue weighted by atomic mass is 16.3. The molecule has 6 heteroatoms. The number of hydrogen-bond acceptors (Lipinski definition) is 6. The van der Waals surface area contributed by atoms with Crippen LogP contribution in [0, 0.1) is 0 Å². The predicted molar refractivity (Wildman–Crippen MR) is 91.5 cm³/mol. The number of β-amino-alcohol motifs (C(OH)–C–C–N with tert-alkyl or cyclic N) is 1. The maximum Gasteiger partial charge on any atom is 0.157 e. The molecule has 6 nitrogen and oxygen atoms in total. The van der Waals surface area contributed by atoms with Crippen LogP contribution in [-0.4, -0.2) is 58.0 Å². The van der Waals surface area contributed by atoms with Crippen molar-refractivity contribution in [1.82, 2.24) is 4.90 Å². The number of anilines is 1. The number of aromatic hydroxyl groups is 3. The first kappa shape index (κ1) is 16.4. The molecular weight excluding hydrogens is 308 g/mol. The van der Waals surface area contributed by atoms with E-state index in [1.54, 1.807) is 18.2 Å². The Balaban J connectivity index is 1.57. The van der Waals surface area contributed by atoms with Gasteiger partial charge in [-0.05, 0) is 29.8 Å². The molecule has 1 saturated heterocycles. The minimum atomic E-state index is -0.729. The van der Waals surface area contributed by atoms with Crippen molar-refractivity contribution in [2.45, 2.75) is 6.10 Å². The number of nitrogens with zero attached hydrogens (tertiary/aromatic N) is 2. The Morgan fingerprint density at radius 2 is 1.54 bits per heavy atom. The third-order valence-electron chi connectivity index (χ3n) is 4.41. The number of piperazine rings is 1. The fourth-order valence-electron chi connectivity index (χ4n) is 3.00. The lowest BCUT2D eigenvalue weighted by Crippen LogP contribution is -2.47. The molecule has 1 aliphatic rings. The molecule has 0 amide bonds. The van der Waals surface area contributed by atoms with Gasteiger partial charge in [0, 0.05) is 32.7 Å². The van der Waals surface area contributed by atoms with Crippen molar-refractivity contribution in [2.75, 3.05) is 37.6 Å². The SMILES string of the molecule is Oc1ccc(C(O)CN2CCN(c3ccccc3O)CC2)cc1O. The first-order chi connectivity index (χ1) is 11.5. The Hall–Kier alpha value is -2.44. The smallest absolute Gasteiger partial charge is 0.157 e. The van der Waals surface area contributed by atoms with Crippen LogP contribution in [0.1, 0.15) is 11.7 Å². The molecule has 0 radical (unpaired) electrons. The molecular formula is C18H22N2O4. The summed E-state index contributed by atoms with van der Waals surface area (Å²) in [6, 6.07) is 11.7. The van der Waals surface area contributed by atoms with E-state index in [1.165, 1.54) is 12.1 Å². The first-order valence-electron chi connectivity index (χ1n) is 8.00. The van der Waals surface area contributed by atoms with Crippen LogP contribution in [0.25, 0.3) is 0 Å². The third-order valence-corrected chi connectivity index (χ3v) is 4.41. The molecule has 0 aromatic heterocycles. The fourth-order valence-corrected chi connectivity index (χ4v) is 3.00. The molecule has 1 heterocycles. The largest absolute Gasteiger partial charge is 0.506 e. The summed E-state index contributed by atoms with van der Waals surface area (Å²) in [5.74, 6) is -0.135. The van der Waals surface area contributed by atoms with Gasteiger partial charge in [-0.3, -0.25) is 4.90 Å². The Morgan fingerprint density at radius 1 is 0.833 bits per heavy atom. The summed E-state index contributed by atoms with van der Waals surface area (Å²) in [6.45, 7) is 3.54. The van der Waals surface area contributed by atoms with Gasteiger partial charge in [-0.15, -0.1) is 0 Å². The second-order valence-corrected chi connectivity index (χ2v) is 6.04. The summed E-state index contributed by atoms with van der Waals surface area (Å²) in [5.41, 5.74) is 1.41. The number of rotatable bonds is 4. The van der Waals surface area contributed by atoms with Gasteiger partial charge in [0.1, 0.15) is 5.75 Å². The van der Waals surface area contributed by atoms with Crippen LogP contribution in [0.5, 0.6) is 17.2 Å². The minimum absolute atomic E-state index is 0.192. The van der Waals surface area contributed by atoms with Gasteiger partial charge >= 0.3 is 0 Å². The third kappa shape index (κ3) is 3.55. The second kappa shape index (κ2) is 6.98. The molecule has 0 bridgehead atoms. The van der Waals surface area contributed by atoms with Crippen LogP contribution in [0.15, 0.2) is 42.5 Å². The molecule has 1 aliphatic heterocycles. The normalized spacial score (nSPS) is 17.0. The van der Waals surface area contributed by atoms with E-state index in [4.69, 9.17) is 0 Å². The zero-order chi connectivity index (χ0) is 17.1. The zero-order valence-electron chi connectivity index (χ0n) is 13.3. The average molecular weight is 330 g/mol. The highest BCUT2D eigenvalue weighted by Crippen LogP contribution is 2.29. The van der Waals surface area contributed by atoms with E-state index in [0.29, 0.717) is 12.1 Å². The number of hydrogen-bond donors (Lipinski definition) is 4. The zero-order valence-corrected chi connectivity index (χ0v) is 13.3. The summed E-state index contributed by atoms with van der Waals surface area (Å²) in [5, 5.41) is 39.1. The number of phenols is 3. The molecule has 4 N–H and O–H groups in total. The van der Waals surface area contributed by atoms with E-state index in [1.807, 2.05) is 12.1 Å². The lowest BCUT2D eigenvalue weighted by Gasteiger charge is -2.37. The van der Waals surface area contributed by atoms with Crippen molar-refractivity contribution in [3.05, 3.63) is 48.0 Å². The van der Waals surface area contributed by atoms with E-state index in [0.717, 1.165) is 31.9 Å². The maximum atomic E-state index is 10.3. The number of benzene rings is 2. The highest BCUT2D eigenvalue weighted by Gasteiger charge is 2.21. The van der Waals surface area contributed by atoms with Crippen molar-refractivity contribution >= 4 is 5.69 Å². The van der Waals surface area contributed by atoms with Gasteiger partial charge in [-0.25, -0.2) is 0 Å². The summed E-state index contributed by atoms with van der Waals surface area (Å²) < 4.78 is 0. The molecule has 128 valence electrons. The van der Waals surface area contributed by atoms with Gasteiger partial charge in [0.2, 0.25) is 0 Å². The quantitative estimate of drug-likeness (QED) is 0.638.